The van der Waals surface area contributed by atoms with Crippen LogP contribution in [-0.2, 0) is 14.3 Å². The molecule has 0 aliphatic rings. The molecule has 0 bridgehead atoms. The maximum absolute atomic E-state index is 11.1. The highest BCUT2D eigenvalue weighted by molar-refractivity contribution is 7.81. The molecule has 1 atom stereocenters. The Bertz CT molecular complexity index is 194. The van der Waals surface area contributed by atoms with E-state index < -0.39 is 12.0 Å². The molecule has 13 heavy (non-hydrogen) atoms. The fourth-order valence-electron chi connectivity index (χ4n) is 0.844. The third kappa shape index (κ3) is 4.17. The number of esters is 1. The first-order valence-electron chi connectivity index (χ1n) is 4.01. The molecule has 0 aromatic heterocycles. The topological polar surface area (TPSA) is 55.4 Å². The highest BCUT2D eigenvalue weighted by Gasteiger charge is 2.23. The van der Waals surface area contributed by atoms with Crippen molar-refractivity contribution in [1.82, 2.24) is 5.32 Å². The van der Waals surface area contributed by atoms with Crippen LogP contribution >= 0.6 is 12.6 Å². The van der Waals surface area contributed by atoms with Crippen molar-refractivity contribution >= 4 is 24.5 Å². The van der Waals surface area contributed by atoms with E-state index in [2.05, 4.69) is 22.7 Å². The summed E-state index contributed by atoms with van der Waals surface area (Å²) < 4.78 is 4.54. The average Bonchev–Trinajstić information content (AvgIpc) is 2.11. The van der Waals surface area contributed by atoms with Crippen LogP contribution in [0.1, 0.15) is 13.8 Å². The van der Waals surface area contributed by atoms with Gasteiger partial charge in [0.2, 0.25) is 5.91 Å². The molecule has 0 aliphatic heterocycles. The molecule has 76 valence electrons. The maximum atomic E-state index is 11.1. The summed E-state index contributed by atoms with van der Waals surface area (Å²) in [5.41, 5.74) is 0. The lowest BCUT2D eigenvalue weighted by Gasteiger charge is -2.19. The number of hydrogen-bond donors (Lipinski definition) is 2. The largest absolute Gasteiger partial charge is 0.467 e. The van der Waals surface area contributed by atoms with Crippen LogP contribution in [0.5, 0.6) is 0 Å². The number of thiol groups is 1. The van der Waals surface area contributed by atoms with Crippen LogP contribution in [0.25, 0.3) is 0 Å². The number of carbonyl (C=O) groups excluding carboxylic acids is 2. The Kier molecular flexibility index (Phi) is 5.53. The van der Waals surface area contributed by atoms with Gasteiger partial charge in [-0.1, -0.05) is 13.8 Å². The van der Waals surface area contributed by atoms with Crippen LogP contribution in [0.4, 0.5) is 0 Å². The minimum Gasteiger partial charge on any atom is -0.467 e. The molecule has 0 aromatic rings. The lowest BCUT2D eigenvalue weighted by Crippen LogP contribution is -2.45. The van der Waals surface area contributed by atoms with Crippen molar-refractivity contribution in [2.45, 2.75) is 19.9 Å². The Labute approximate surface area is 83.4 Å². The van der Waals surface area contributed by atoms with E-state index in [9.17, 15) is 9.59 Å². The van der Waals surface area contributed by atoms with Gasteiger partial charge in [0.25, 0.3) is 0 Å². The lowest BCUT2D eigenvalue weighted by atomic mass is 10.1. The molecule has 0 fully saturated rings. The van der Waals surface area contributed by atoms with Crippen molar-refractivity contribution in [2.75, 3.05) is 12.9 Å². The molecular weight excluding hydrogens is 190 g/mol. The molecule has 0 aliphatic carbocycles. The van der Waals surface area contributed by atoms with E-state index in [0.29, 0.717) is 0 Å². The number of carbonyl (C=O) groups is 2. The van der Waals surface area contributed by atoms with E-state index in [0.717, 1.165) is 0 Å². The number of rotatable bonds is 4. The normalized spacial score (nSPS) is 12.4. The van der Waals surface area contributed by atoms with Gasteiger partial charge < -0.3 is 10.1 Å². The van der Waals surface area contributed by atoms with Crippen LogP contribution < -0.4 is 5.32 Å². The van der Waals surface area contributed by atoms with Gasteiger partial charge in [-0.25, -0.2) is 4.79 Å². The van der Waals surface area contributed by atoms with Gasteiger partial charge in [-0.3, -0.25) is 4.79 Å². The average molecular weight is 205 g/mol. The van der Waals surface area contributed by atoms with Gasteiger partial charge in [0.05, 0.1) is 12.9 Å². The van der Waals surface area contributed by atoms with Crippen LogP contribution in [0.15, 0.2) is 0 Å². The van der Waals surface area contributed by atoms with Crippen molar-refractivity contribution in [3.63, 3.8) is 0 Å². The van der Waals surface area contributed by atoms with Gasteiger partial charge >= 0.3 is 5.97 Å². The van der Waals surface area contributed by atoms with Gasteiger partial charge in [0.1, 0.15) is 6.04 Å². The van der Waals surface area contributed by atoms with Crippen molar-refractivity contribution in [3.05, 3.63) is 0 Å². The van der Waals surface area contributed by atoms with Crippen molar-refractivity contribution in [3.8, 4) is 0 Å². The molecule has 5 heteroatoms. The smallest absolute Gasteiger partial charge is 0.328 e. The summed E-state index contributed by atoms with van der Waals surface area (Å²) in [6.45, 7) is 3.67. The standard InChI is InChI=1S/C8H15NO3S/c1-5(2)7(8(11)12-3)9-6(10)4-13/h5,7,13H,4H2,1-3H3,(H,9,10)/t7-/m0/s1. The monoisotopic (exact) mass is 205 g/mol. The van der Waals surface area contributed by atoms with Crippen molar-refractivity contribution < 1.29 is 14.3 Å². The predicted molar refractivity (Wildman–Crippen MR) is 52.6 cm³/mol. The van der Waals surface area contributed by atoms with Crippen molar-refractivity contribution in [2.24, 2.45) is 5.92 Å². The van der Waals surface area contributed by atoms with E-state index in [1.165, 1.54) is 7.11 Å². The number of ether oxygens (including phenoxy) is 1. The third-order valence-electron chi connectivity index (χ3n) is 1.58. The number of amides is 1. The summed E-state index contributed by atoms with van der Waals surface area (Å²) in [5, 5.41) is 2.53. The van der Waals surface area contributed by atoms with E-state index >= 15 is 0 Å². The lowest BCUT2D eigenvalue weighted by molar-refractivity contribution is -0.146. The quantitative estimate of drug-likeness (QED) is 0.510. The second kappa shape index (κ2) is 5.85. The number of hydrogen-bond acceptors (Lipinski definition) is 4. The molecule has 0 unspecified atom stereocenters. The summed E-state index contributed by atoms with van der Waals surface area (Å²) in [4.78, 5) is 22.1. The Balaban J connectivity index is 4.26. The first kappa shape index (κ1) is 12.3. The van der Waals surface area contributed by atoms with Gasteiger partial charge in [-0.2, -0.15) is 12.6 Å². The summed E-state index contributed by atoms with van der Waals surface area (Å²) in [7, 11) is 1.30. The summed E-state index contributed by atoms with van der Waals surface area (Å²) in [6, 6.07) is -0.579. The molecular formula is C8H15NO3S. The zero-order valence-electron chi connectivity index (χ0n) is 8.03. The minimum atomic E-state index is -0.579. The Morgan fingerprint density at radius 1 is 1.46 bits per heavy atom. The molecule has 0 saturated carbocycles. The van der Waals surface area contributed by atoms with E-state index in [1.807, 2.05) is 13.8 Å². The summed E-state index contributed by atoms with van der Waals surface area (Å²) >= 11 is 3.79. The number of methoxy groups -OCH3 is 1. The van der Waals surface area contributed by atoms with E-state index in [-0.39, 0.29) is 17.6 Å². The third-order valence-corrected chi connectivity index (χ3v) is 1.87. The van der Waals surface area contributed by atoms with E-state index in [4.69, 9.17) is 0 Å². The van der Waals surface area contributed by atoms with E-state index in [1.54, 1.807) is 0 Å². The highest BCUT2D eigenvalue weighted by atomic mass is 32.1. The second-order valence-corrected chi connectivity index (χ2v) is 3.29. The molecule has 1 N–H and O–H groups in total. The molecule has 0 rings (SSSR count). The first-order chi connectivity index (χ1) is 6.02. The van der Waals surface area contributed by atoms with Gasteiger partial charge in [0.15, 0.2) is 0 Å². The minimum absolute atomic E-state index is 0.0104. The fourth-order valence-corrected chi connectivity index (χ4v) is 0.935. The fraction of sp³-hybridized carbons (Fsp3) is 0.750. The van der Waals surface area contributed by atoms with Gasteiger partial charge in [0, 0.05) is 0 Å². The molecule has 0 aromatic carbocycles. The van der Waals surface area contributed by atoms with Gasteiger partial charge in [-0.05, 0) is 5.92 Å². The van der Waals surface area contributed by atoms with Crippen LogP contribution in [-0.4, -0.2) is 30.8 Å². The second-order valence-electron chi connectivity index (χ2n) is 2.97. The molecule has 0 heterocycles. The van der Waals surface area contributed by atoms with Crippen molar-refractivity contribution in [1.29, 1.82) is 0 Å². The SMILES string of the molecule is COC(=O)[C@@H](NC(=O)CS)C(C)C. The Hall–Kier alpha value is -0.710. The summed E-state index contributed by atoms with van der Waals surface area (Å²) in [6.07, 6.45) is 0. The maximum Gasteiger partial charge on any atom is 0.328 e. The summed E-state index contributed by atoms with van der Waals surface area (Å²) in [5.74, 6) is -0.617. The number of nitrogens with one attached hydrogen (secondary N) is 1. The Morgan fingerprint density at radius 2 is 2.00 bits per heavy atom. The van der Waals surface area contributed by atoms with Crippen LogP contribution in [0, 0.1) is 5.92 Å². The van der Waals surface area contributed by atoms with Crippen LogP contribution in [0.3, 0.4) is 0 Å². The zero-order chi connectivity index (χ0) is 10.4. The Morgan fingerprint density at radius 3 is 2.31 bits per heavy atom. The molecule has 1 amide bonds. The molecule has 4 nitrogen and oxygen atoms in total. The predicted octanol–water partition coefficient (Wildman–Crippen LogP) is 0.230. The molecule has 0 radical (unpaired) electrons. The first-order valence-corrected chi connectivity index (χ1v) is 4.64. The molecule has 0 spiro atoms. The zero-order valence-corrected chi connectivity index (χ0v) is 8.93. The molecule has 0 saturated heterocycles. The van der Waals surface area contributed by atoms with Gasteiger partial charge in [-0.15, -0.1) is 0 Å². The highest BCUT2D eigenvalue weighted by Crippen LogP contribution is 2.03. The van der Waals surface area contributed by atoms with Crippen LogP contribution in [0.2, 0.25) is 0 Å².